The van der Waals surface area contributed by atoms with Crippen LogP contribution in [0, 0.1) is 0 Å². The molecule has 4 nitrogen and oxygen atoms in total. The summed E-state index contributed by atoms with van der Waals surface area (Å²) in [5, 5.41) is 7.71. The van der Waals surface area contributed by atoms with Crippen LogP contribution in [0.4, 0.5) is 0 Å². The van der Waals surface area contributed by atoms with Crippen LogP contribution in [-0.4, -0.2) is 20.2 Å². The predicted octanol–water partition coefficient (Wildman–Crippen LogP) is 3.39. The molecule has 0 amide bonds. The third kappa shape index (κ3) is 1.57. The Hall–Kier alpha value is -1.17. The molecule has 7 heteroatoms. The van der Waals surface area contributed by atoms with Crippen LogP contribution < -0.4 is 0 Å². The van der Waals surface area contributed by atoms with Gasteiger partial charge in [-0.05, 0) is 23.7 Å². The topological polar surface area (TPSA) is 54.5 Å². The molecule has 16 heavy (non-hydrogen) atoms. The first-order valence-electron chi connectivity index (χ1n) is 4.36. The molecule has 1 N–H and O–H groups in total. The molecule has 0 spiro atoms. The van der Waals surface area contributed by atoms with Gasteiger partial charge in [-0.15, -0.1) is 11.3 Å². The second kappa shape index (κ2) is 3.69. The number of hydrogen-bond donors (Lipinski definition) is 1. The molecule has 0 fully saturated rings. The van der Waals surface area contributed by atoms with Crippen molar-refractivity contribution < 1.29 is 0 Å². The molecule has 3 aromatic heterocycles. The van der Waals surface area contributed by atoms with Crippen molar-refractivity contribution >= 4 is 45.6 Å². The zero-order chi connectivity index (χ0) is 11.1. The van der Waals surface area contributed by atoms with Gasteiger partial charge in [0, 0.05) is 0 Å². The lowest BCUT2D eigenvalue weighted by molar-refractivity contribution is 1.09. The Balaban J connectivity index is 2.33. The Kier molecular flexibility index (Phi) is 2.31. The number of aromatic nitrogens is 4. The van der Waals surface area contributed by atoms with E-state index >= 15 is 0 Å². The number of nitrogens with zero attached hydrogens (tertiary/aromatic N) is 3. The lowest BCUT2D eigenvalue weighted by atomic mass is 10.2. The van der Waals surface area contributed by atoms with E-state index in [2.05, 4.69) is 20.2 Å². The number of thiophene rings is 1. The molecule has 0 saturated heterocycles. The van der Waals surface area contributed by atoms with E-state index in [1.807, 2.05) is 12.1 Å². The largest absolute Gasteiger partial charge is 0.261 e. The number of rotatable bonds is 1. The number of hydrogen-bond acceptors (Lipinski definition) is 4. The second-order valence-electron chi connectivity index (χ2n) is 3.08. The number of fused-ring (bicyclic) bond motifs is 1. The summed E-state index contributed by atoms with van der Waals surface area (Å²) < 4.78 is 0.710. The van der Waals surface area contributed by atoms with E-state index in [0.29, 0.717) is 9.98 Å². The highest BCUT2D eigenvalue weighted by atomic mass is 35.5. The highest BCUT2D eigenvalue weighted by Crippen LogP contribution is 2.33. The normalized spacial score (nSPS) is 11.1. The average Bonchev–Trinajstić information content (AvgIpc) is 2.84. The maximum atomic E-state index is 5.89. The first kappa shape index (κ1) is 10.0. The summed E-state index contributed by atoms with van der Waals surface area (Å²) in [6, 6.07) is 3.72. The minimum atomic E-state index is 0.191. The van der Waals surface area contributed by atoms with E-state index in [-0.39, 0.29) is 5.28 Å². The molecule has 0 unspecified atom stereocenters. The van der Waals surface area contributed by atoms with Crippen molar-refractivity contribution in [2.75, 3.05) is 0 Å². The molecular weight excluding hydrogens is 267 g/mol. The van der Waals surface area contributed by atoms with E-state index in [1.54, 1.807) is 6.20 Å². The van der Waals surface area contributed by atoms with Crippen LogP contribution in [0.5, 0.6) is 0 Å². The Bertz CT molecular complexity index is 660. The van der Waals surface area contributed by atoms with Gasteiger partial charge in [0.1, 0.15) is 0 Å². The van der Waals surface area contributed by atoms with Gasteiger partial charge in [0.05, 0.1) is 26.5 Å². The van der Waals surface area contributed by atoms with Crippen LogP contribution in [-0.2, 0) is 0 Å². The van der Waals surface area contributed by atoms with Crippen LogP contribution in [0.25, 0.3) is 21.6 Å². The van der Waals surface area contributed by atoms with Gasteiger partial charge in [-0.2, -0.15) is 10.1 Å². The second-order valence-corrected chi connectivity index (χ2v) is 5.13. The fraction of sp³-hybridized carbons (Fsp3) is 0. The van der Waals surface area contributed by atoms with Crippen molar-refractivity contribution in [3.8, 4) is 10.6 Å². The molecule has 0 radical (unpaired) electrons. The van der Waals surface area contributed by atoms with Crippen molar-refractivity contribution in [1.29, 1.82) is 0 Å². The molecule has 0 aliphatic carbocycles. The number of H-pyrrole nitrogens is 1. The quantitative estimate of drug-likeness (QED) is 0.690. The van der Waals surface area contributed by atoms with Crippen molar-refractivity contribution in [3.63, 3.8) is 0 Å². The zero-order valence-corrected chi connectivity index (χ0v) is 10.1. The van der Waals surface area contributed by atoms with Gasteiger partial charge in [0.25, 0.3) is 0 Å². The SMILES string of the molecule is Clc1nc(-c2ccc(Cl)s2)c2cn[nH]c2n1. The first-order valence-corrected chi connectivity index (χ1v) is 5.93. The Morgan fingerprint density at radius 1 is 1.19 bits per heavy atom. The maximum absolute atomic E-state index is 5.89. The van der Waals surface area contributed by atoms with E-state index in [9.17, 15) is 0 Å². The average molecular weight is 271 g/mol. The van der Waals surface area contributed by atoms with Gasteiger partial charge in [-0.3, -0.25) is 5.10 Å². The Labute approximate surface area is 104 Å². The van der Waals surface area contributed by atoms with E-state index < -0.39 is 0 Å². The Morgan fingerprint density at radius 3 is 2.81 bits per heavy atom. The molecule has 80 valence electrons. The van der Waals surface area contributed by atoms with Gasteiger partial charge < -0.3 is 0 Å². The molecule has 0 aliphatic heterocycles. The van der Waals surface area contributed by atoms with Gasteiger partial charge in [0.15, 0.2) is 5.65 Å². The molecular formula is C9H4Cl2N4S. The molecule has 0 saturated carbocycles. The van der Waals surface area contributed by atoms with Crippen molar-refractivity contribution in [2.45, 2.75) is 0 Å². The predicted molar refractivity (Wildman–Crippen MR) is 65.0 cm³/mol. The summed E-state index contributed by atoms with van der Waals surface area (Å²) >= 11 is 13.2. The lowest BCUT2D eigenvalue weighted by Gasteiger charge is -1.98. The van der Waals surface area contributed by atoms with Crippen molar-refractivity contribution in [2.24, 2.45) is 0 Å². The summed E-state index contributed by atoms with van der Waals surface area (Å²) in [5.41, 5.74) is 1.38. The molecule has 3 heterocycles. The number of aromatic amines is 1. The minimum Gasteiger partial charge on any atom is -0.261 e. The van der Waals surface area contributed by atoms with Gasteiger partial charge in [0.2, 0.25) is 5.28 Å². The van der Waals surface area contributed by atoms with E-state index in [1.165, 1.54) is 11.3 Å². The van der Waals surface area contributed by atoms with E-state index in [0.717, 1.165) is 16.0 Å². The molecule has 3 rings (SSSR count). The molecule has 0 aromatic carbocycles. The van der Waals surface area contributed by atoms with Crippen LogP contribution in [0.2, 0.25) is 9.62 Å². The van der Waals surface area contributed by atoms with Crippen LogP contribution in [0.3, 0.4) is 0 Å². The van der Waals surface area contributed by atoms with E-state index in [4.69, 9.17) is 23.2 Å². The highest BCUT2D eigenvalue weighted by Gasteiger charge is 2.12. The third-order valence-corrected chi connectivity index (χ3v) is 3.50. The smallest absolute Gasteiger partial charge is 0.225 e. The standard InChI is InChI=1S/C9H4Cl2N4S/c10-6-2-1-5(16-6)7-4-3-12-15-8(4)14-9(11)13-7/h1-3H,(H,12,13,14,15). The molecule has 3 aromatic rings. The van der Waals surface area contributed by atoms with Crippen LogP contribution >= 0.6 is 34.5 Å². The Morgan fingerprint density at radius 2 is 2.06 bits per heavy atom. The summed E-state index contributed by atoms with van der Waals surface area (Å²) in [6.45, 7) is 0. The highest BCUT2D eigenvalue weighted by molar-refractivity contribution is 7.19. The summed E-state index contributed by atoms with van der Waals surface area (Å²) in [5.74, 6) is 0. The summed E-state index contributed by atoms with van der Waals surface area (Å²) in [4.78, 5) is 9.18. The molecule has 0 bridgehead atoms. The van der Waals surface area contributed by atoms with Crippen molar-refractivity contribution in [3.05, 3.63) is 27.9 Å². The van der Waals surface area contributed by atoms with Crippen molar-refractivity contribution in [1.82, 2.24) is 20.2 Å². The molecule has 0 aliphatic rings. The van der Waals surface area contributed by atoms with Gasteiger partial charge in [-0.25, -0.2) is 4.98 Å². The summed E-state index contributed by atoms with van der Waals surface area (Å²) in [6.07, 6.45) is 1.68. The fourth-order valence-corrected chi connectivity index (χ4v) is 2.65. The minimum absolute atomic E-state index is 0.191. The zero-order valence-electron chi connectivity index (χ0n) is 7.74. The lowest BCUT2D eigenvalue weighted by Crippen LogP contribution is -1.87. The fourth-order valence-electron chi connectivity index (χ4n) is 1.44. The maximum Gasteiger partial charge on any atom is 0.225 e. The van der Waals surface area contributed by atoms with Crippen LogP contribution in [0.15, 0.2) is 18.3 Å². The van der Waals surface area contributed by atoms with Gasteiger partial charge in [-0.1, -0.05) is 11.6 Å². The summed E-state index contributed by atoms with van der Waals surface area (Å²) in [7, 11) is 0. The van der Waals surface area contributed by atoms with Crippen LogP contribution in [0.1, 0.15) is 0 Å². The number of halogens is 2. The number of nitrogens with one attached hydrogen (secondary N) is 1. The van der Waals surface area contributed by atoms with Gasteiger partial charge >= 0.3 is 0 Å². The monoisotopic (exact) mass is 270 g/mol. The third-order valence-electron chi connectivity index (χ3n) is 2.09. The molecule has 0 atom stereocenters. The first-order chi connectivity index (χ1) is 7.74.